The molecule has 1 heterocycles. The highest BCUT2D eigenvalue weighted by Crippen LogP contribution is 2.29. The molecule has 0 saturated heterocycles. The number of aromatic nitrogens is 1. The van der Waals surface area contributed by atoms with Gasteiger partial charge in [0.05, 0.1) is 11.3 Å². The van der Waals surface area contributed by atoms with Crippen molar-refractivity contribution in [1.29, 1.82) is 0 Å². The van der Waals surface area contributed by atoms with Crippen molar-refractivity contribution in [2.24, 2.45) is 0 Å². The molecule has 0 atom stereocenters. The summed E-state index contributed by atoms with van der Waals surface area (Å²) in [6, 6.07) is 18.9. The Morgan fingerprint density at radius 1 is 1.07 bits per heavy atom. The molecular weight excluding hydrogens is 384 g/mol. The average Bonchev–Trinajstić information content (AvgIpc) is 3.16. The number of ether oxygens (including phenoxy) is 1. The van der Waals surface area contributed by atoms with Crippen molar-refractivity contribution in [3.8, 4) is 0 Å². The van der Waals surface area contributed by atoms with Crippen molar-refractivity contribution in [3.63, 3.8) is 0 Å². The number of hydrogen-bond donors (Lipinski definition) is 1. The highest BCUT2D eigenvalue weighted by molar-refractivity contribution is 7.14. The van der Waals surface area contributed by atoms with Crippen LogP contribution in [-0.4, -0.2) is 17.4 Å². The maximum absolute atomic E-state index is 12.8. The second kappa shape index (κ2) is 9.12. The number of rotatable bonds is 7. The lowest BCUT2D eigenvalue weighted by Crippen LogP contribution is -2.14. The van der Waals surface area contributed by atoms with Crippen LogP contribution >= 0.6 is 22.9 Å². The summed E-state index contributed by atoms with van der Waals surface area (Å²) < 4.78 is 5.78. The number of carbonyl (C=O) groups is 2. The summed E-state index contributed by atoms with van der Waals surface area (Å²) in [5.41, 5.74) is 3.27. The van der Waals surface area contributed by atoms with E-state index < -0.39 is 12.1 Å². The monoisotopic (exact) mass is 398 g/mol. The third-order valence-corrected chi connectivity index (χ3v) is 4.71. The molecule has 136 valence electrons. The van der Waals surface area contributed by atoms with E-state index in [1.807, 2.05) is 60.7 Å². The summed E-state index contributed by atoms with van der Waals surface area (Å²) in [5.74, 6) is -0.606. The summed E-state index contributed by atoms with van der Waals surface area (Å²) >= 11 is 7.06. The van der Waals surface area contributed by atoms with E-state index in [0.717, 1.165) is 16.7 Å². The molecule has 3 rings (SSSR count). The van der Waals surface area contributed by atoms with Gasteiger partial charge in [-0.3, -0.25) is 4.79 Å². The third kappa shape index (κ3) is 4.61. The molecule has 0 aliphatic carbocycles. The number of benzene rings is 2. The second-order valence-corrected chi connectivity index (χ2v) is 6.51. The molecule has 0 fully saturated rings. The first-order valence-electron chi connectivity index (χ1n) is 8.00. The average molecular weight is 399 g/mol. The molecule has 2 aromatic carbocycles. The first kappa shape index (κ1) is 18.8. The Balaban J connectivity index is 1.88. The number of esters is 1. The minimum atomic E-state index is -0.606. The van der Waals surface area contributed by atoms with Crippen LogP contribution in [0.5, 0.6) is 0 Å². The second-order valence-electron chi connectivity index (χ2n) is 5.43. The standard InChI is InChI=1S/C20H15ClN2O3S/c21-11-16(17-12-27-20(23-17)22-13-24)19(25)26-18(14-7-3-1-4-8-14)15-9-5-2-6-10-15/h1-13,18H,(H,22,23,24). The normalized spacial score (nSPS) is 11.3. The summed E-state index contributed by atoms with van der Waals surface area (Å²) in [6.45, 7) is 0. The summed E-state index contributed by atoms with van der Waals surface area (Å²) in [5, 5.41) is 4.44. The molecular formula is C20H15ClN2O3S. The van der Waals surface area contributed by atoms with Gasteiger partial charge in [0.15, 0.2) is 11.2 Å². The topological polar surface area (TPSA) is 68.3 Å². The molecule has 1 aromatic heterocycles. The molecule has 0 unspecified atom stereocenters. The van der Waals surface area contributed by atoms with Gasteiger partial charge in [-0.1, -0.05) is 72.3 Å². The third-order valence-electron chi connectivity index (χ3n) is 3.72. The van der Waals surface area contributed by atoms with Gasteiger partial charge in [0.25, 0.3) is 0 Å². The van der Waals surface area contributed by atoms with Crippen LogP contribution in [0.2, 0.25) is 0 Å². The number of carbonyl (C=O) groups excluding carboxylic acids is 2. The number of hydrogen-bond acceptors (Lipinski definition) is 5. The molecule has 0 aliphatic rings. The van der Waals surface area contributed by atoms with E-state index in [0.29, 0.717) is 17.2 Å². The first-order chi connectivity index (χ1) is 13.2. The zero-order valence-electron chi connectivity index (χ0n) is 14.0. The Morgan fingerprint density at radius 2 is 1.67 bits per heavy atom. The van der Waals surface area contributed by atoms with Crippen molar-refractivity contribution in [2.45, 2.75) is 6.10 Å². The molecule has 27 heavy (non-hydrogen) atoms. The molecule has 3 aromatic rings. The van der Waals surface area contributed by atoms with E-state index in [9.17, 15) is 9.59 Å². The van der Waals surface area contributed by atoms with Gasteiger partial charge in [0, 0.05) is 10.9 Å². The maximum Gasteiger partial charge on any atom is 0.342 e. The predicted molar refractivity (Wildman–Crippen MR) is 106 cm³/mol. The SMILES string of the molecule is O=CNc1nc(C(=CCl)C(=O)OC(c2ccccc2)c2ccccc2)cs1. The van der Waals surface area contributed by atoms with Gasteiger partial charge < -0.3 is 10.1 Å². The molecule has 0 saturated carbocycles. The van der Waals surface area contributed by atoms with Crippen LogP contribution in [0.4, 0.5) is 5.13 Å². The van der Waals surface area contributed by atoms with Crippen LogP contribution in [0.15, 0.2) is 71.6 Å². The molecule has 1 N–H and O–H groups in total. The Labute approximate surface area is 165 Å². The van der Waals surface area contributed by atoms with Crippen LogP contribution in [-0.2, 0) is 14.3 Å². The molecule has 0 spiro atoms. The highest BCUT2D eigenvalue weighted by atomic mass is 35.5. The molecule has 0 radical (unpaired) electrons. The minimum Gasteiger partial charge on any atom is -0.449 e. The van der Waals surface area contributed by atoms with Crippen LogP contribution < -0.4 is 5.32 Å². The fourth-order valence-electron chi connectivity index (χ4n) is 2.47. The number of anilines is 1. The molecule has 0 aliphatic heterocycles. The first-order valence-corrected chi connectivity index (χ1v) is 9.32. The summed E-state index contributed by atoms with van der Waals surface area (Å²) in [7, 11) is 0. The van der Waals surface area contributed by atoms with Crippen LogP contribution in [0.1, 0.15) is 22.9 Å². The number of nitrogens with zero attached hydrogens (tertiary/aromatic N) is 1. The van der Waals surface area contributed by atoms with Crippen LogP contribution in [0.25, 0.3) is 5.57 Å². The Morgan fingerprint density at radius 3 is 2.19 bits per heavy atom. The predicted octanol–water partition coefficient (Wildman–Crippen LogP) is 4.62. The van der Waals surface area contributed by atoms with Gasteiger partial charge in [-0.2, -0.15) is 0 Å². The van der Waals surface area contributed by atoms with Crippen LogP contribution in [0, 0.1) is 0 Å². The lowest BCUT2D eigenvalue weighted by atomic mass is 10.0. The van der Waals surface area contributed by atoms with Crippen molar-refractivity contribution in [3.05, 3.63) is 88.4 Å². The van der Waals surface area contributed by atoms with E-state index in [2.05, 4.69) is 10.3 Å². The Bertz CT molecular complexity index is 903. The number of amides is 1. The van der Waals surface area contributed by atoms with Crippen molar-refractivity contribution < 1.29 is 14.3 Å². The van der Waals surface area contributed by atoms with Gasteiger partial charge in [-0.15, -0.1) is 11.3 Å². The largest absolute Gasteiger partial charge is 0.449 e. The van der Waals surface area contributed by atoms with Gasteiger partial charge in [-0.05, 0) is 11.1 Å². The number of halogens is 1. The number of thiazole rings is 1. The van der Waals surface area contributed by atoms with Crippen molar-refractivity contribution >= 4 is 46.0 Å². The highest BCUT2D eigenvalue weighted by Gasteiger charge is 2.23. The van der Waals surface area contributed by atoms with Crippen molar-refractivity contribution in [1.82, 2.24) is 4.98 Å². The van der Waals surface area contributed by atoms with Gasteiger partial charge >= 0.3 is 5.97 Å². The molecule has 0 bridgehead atoms. The summed E-state index contributed by atoms with van der Waals surface area (Å²) in [6.07, 6.45) is -0.0657. The van der Waals surface area contributed by atoms with E-state index in [1.54, 1.807) is 5.38 Å². The Kier molecular flexibility index (Phi) is 6.35. The lowest BCUT2D eigenvalue weighted by Gasteiger charge is -2.19. The van der Waals surface area contributed by atoms with Gasteiger partial charge in [-0.25, -0.2) is 9.78 Å². The number of nitrogens with one attached hydrogen (secondary N) is 1. The fraction of sp³-hybridized carbons (Fsp3) is 0.0500. The smallest absolute Gasteiger partial charge is 0.342 e. The van der Waals surface area contributed by atoms with E-state index in [1.165, 1.54) is 11.3 Å². The van der Waals surface area contributed by atoms with Gasteiger partial charge in [0.2, 0.25) is 6.41 Å². The molecule has 7 heteroatoms. The quantitative estimate of drug-likeness (QED) is 0.358. The van der Waals surface area contributed by atoms with E-state index in [4.69, 9.17) is 16.3 Å². The van der Waals surface area contributed by atoms with Crippen molar-refractivity contribution in [2.75, 3.05) is 5.32 Å². The minimum absolute atomic E-state index is 0.115. The lowest BCUT2D eigenvalue weighted by molar-refractivity contribution is -0.140. The van der Waals surface area contributed by atoms with E-state index in [-0.39, 0.29) is 5.57 Å². The summed E-state index contributed by atoms with van der Waals surface area (Å²) in [4.78, 5) is 27.5. The zero-order chi connectivity index (χ0) is 19.1. The zero-order valence-corrected chi connectivity index (χ0v) is 15.6. The fourth-order valence-corrected chi connectivity index (χ4v) is 3.34. The van der Waals surface area contributed by atoms with E-state index >= 15 is 0 Å². The van der Waals surface area contributed by atoms with Gasteiger partial charge in [0.1, 0.15) is 0 Å². The van der Waals surface area contributed by atoms with Crippen LogP contribution in [0.3, 0.4) is 0 Å². The maximum atomic E-state index is 12.8. The Hall–Kier alpha value is -2.96. The molecule has 5 nitrogen and oxygen atoms in total. The molecule has 1 amide bonds.